The van der Waals surface area contributed by atoms with Gasteiger partial charge in [0.2, 0.25) is 23.1 Å². The Morgan fingerprint density at radius 1 is 0.578 bits per heavy atom. The largest absolute Gasteiger partial charge is 0.290 e. The highest BCUT2D eigenvalue weighted by Gasteiger charge is 2.86. The molecule has 0 aromatic heterocycles. The number of ketones is 4. The summed E-state index contributed by atoms with van der Waals surface area (Å²) in [6.07, 6.45) is 15.5. The van der Waals surface area contributed by atoms with Gasteiger partial charge in [0, 0.05) is 24.0 Å². The van der Waals surface area contributed by atoms with Crippen molar-refractivity contribution in [2.45, 2.75) is 121 Å². The second-order valence-corrected chi connectivity index (χ2v) is 16.4. The van der Waals surface area contributed by atoms with E-state index in [0.717, 1.165) is 62.2 Å². The summed E-state index contributed by atoms with van der Waals surface area (Å²) < 4.78 is 0. The summed E-state index contributed by atoms with van der Waals surface area (Å²) in [5.74, 6) is 2.02. The average molecular weight is 605 g/mol. The molecule has 9 aliphatic rings. The third-order valence-electron chi connectivity index (χ3n) is 14.4. The monoisotopic (exact) mass is 604 g/mol. The van der Waals surface area contributed by atoms with Gasteiger partial charge in [-0.3, -0.25) is 19.2 Å². The molecule has 4 heteroatoms. The van der Waals surface area contributed by atoms with E-state index in [9.17, 15) is 19.2 Å². The highest BCUT2D eigenvalue weighted by molar-refractivity contribution is 6.44. The van der Waals surface area contributed by atoms with E-state index in [1.54, 1.807) is 0 Å². The lowest BCUT2D eigenvalue weighted by atomic mass is 9.13. The maximum absolute atomic E-state index is 12.8. The first-order valence-corrected chi connectivity index (χ1v) is 18.1. The highest BCUT2D eigenvalue weighted by Crippen LogP contribution is 2.93. The molecule has 9 fully saturated rings. The predicted molar refractivity (Wildman–Crippen MR) is 174 cm³/mol. The third kappa shape index (κ3) is 4.02. The van der Waals surface area contributed by atoms with Gasteiger partial charge in [-0.05, 0) is 114 Å². The van der Waals surface area contributed by atoms with Gasteiger partial charge in [0.15, 0.2) is 0 Å². The van der Waals surface area contributed by atoms with Crippen LogP contribution in [-0.2, 0) is 20.4 Å². The van der Waals surface area contributed by atoms with Crippen molar-refractivity contribution < 1.29 is 19.2 Å². The number of hydrogen-bond acceptors (Lipinski definition) is 4. The average Bonchev–Trinajstić information content (AvgIpc) is 3.06. The van der Waals surface area contributed by atoms with Gasteiger partial charge in [0.1, 0.15) is 0 Å². The smallest absolute Gasteiger partial charge is 0.228 e. The van der Waals surface area contributed by atoms with Crippen LogP contribution in [0.1, 0.15) is 142 Å². The number of Topliss-reactive ketones (excluding diaryl/α,β-unsaturated/α-hetero) is 4. The molecule has 2 aromatic rings. The Labute approximate surface area is 268 Å². The Hall–Kier alpha value is -2.88. The molecule has 45 heavy (non-hydrogen) atoms. The van der Waals surface area contributed by atoms with E-state index in [2.05, 4.69) is 38.1 Å². The lowest BCUT2D eigenvalue weighted by Gasteiger charge is -2.91. The molecule has 0 N–H and O–H groups in total. The fraction of sp³-hybridized carbons (Fsp3) is 0.610. The highest BCUT2D eigenvalue weighted by atomic mass is 16.2. The summed E-state index contributed by atoms with van der Waals surface area (Å²) >= 11 is 0. The van der Waals surface area contributed by atoms with Gasteiger partial charge in [0.25, 0.3) is 0 Å². The van der Waals surface area contributed by atoms with Crippen LogP contribution >= 0.6 is 0 Å². The van der Waals surface area contributed by atoms with Crippen molar-refractivity contribution >= 4 is 23.1 Å². The van der Waals surface area contributed by atoms with E-state index < -0.39 is 0 Å². The molecule has 9 aliphatic carbocycles. The van der Waals surface area contributed by atoms with Crippen molar-refractivity contribution in [1.82, 2.24) is 0 Å². The van der Waals surface area contributed by atoms with Crippen LogP contribution in [0.4, 0.5) is 0 Å². The van der Waals surface area contributed by atoms with Crippen molar-refractivity contribution in [1.29, 1.82) is 0 Å². The summed E-state index contributed by atoms with van der Waals surface area (Å²) in [6.45, 7) is 4.22. The summed E-state index contributed by atoms with van der Waals surface area (Å²) in [5, 5.41) is 0. The third-order valence-corrected chi connectivity index (χ3v) is 14.4. The first-order chi connectivity index (χ1) is 21.7. The van der Waals surface area contributed by atoms with Crippen LogP contribution in [0.5, 0.6) is 0 Å². The number of benzene rings is 2. The van der Waals surface area contributed by atoms with Gasteiger partial charge in [-0.2, -0.15) is 0 Å². The minimum Gasteiger partial charge on any atom is -0.290 e. The molecule has 236 valence electrons. The molecular weight excluding hydrogens is 556 g/mol. The van der Waals surface area contributed by atoms with E-state index in [4.69, 9.17) is 0 Å². The lowest BCUT2D eigenvalue weighted by molar-refractivity contribution is -0.398. The Morgan fingerprint density at radius 3 is 1.51 bits per heavy atom. The molecule has 2 spiro atoms. The lowest BCUT2D eigenvalue weighted by Crippen LogP contribution is -2.85. The van der Waals surface area contributed by atoms with E-state index in [-0.39, 0.29) is 34.0 Å². The number of carbonyl (C=O) groups excluding carboxylic acids is 4. The molecule has 9 saturated carbocycles. The van der Waals surface area contributed by atoms with Crippen molar-refractivity contribution in [3.63, 3.8) is 0 Å². The molecule has 11 rings (SSSR count). The zero-order chi connectivity index (χ0) is 31.2. The van der Waals surface area contributed by atoms with Crippen molar-refractivity contribution in [2.75, 3.05) is 0 Å². The van der Waals surface area contributed by atoms with Crippen LogP contribution in [-0.4, -0.2) is 23.1 Å². The molecule has 6 unspecified atom stereocenters. The topological polar surface area (TPSA) is 68.3 Å². The summed E-state index contributed by atoms with van der Waals surface area (Å²) in [7, 11) is 0. The molecule has 0 radical (unpaired) electrons. The molecular formula is C41H48O4. The number of hydrogen-bond donors (Lipinski definition) is 0. The van der Waals surface area contributed by atoms with Gasteiger partial charge in [-0.25, -0.2) is 0 Å². The summed E-state index contributed by atoms with van der Waals surface area (Å²) in [4.78, 5) is 50.6. The van der Waals surface area contributed by atoms with Crippen molar-refractivity contribution in [3.05, 3.63) is 70.8 Å². The number of unbranched alkanes of at least 4 members (excludes halogenated alkanes) is 4. The normalized spacial score (nSPS) is 37.5. The molecule has 0 aliphatic heterocycles. The first-order valence-electron chi connectivity index (χ1n) is 18.1. The number of carbonyl (C=O) groups is 4. The standard InChI is InChI=1S/C41H48O4/c1-3-5-7-9-33(42)36(44)26-11-15-28(16-12-26)38-20-31-30-19-39(23-40(31)25-41(24-39,32(30)21-38)35(40)22-38)29-17-13-27(14-18-29)37(45)34(43)10-8-6-4-2/h11-18,30-32,35H,3-10,19-25H2,1-2H3/t30?,31-,32+,35?,38?,39?,40?,41?. The minimum atomic E-state index is -0.321. The second kappa shape index (κ2) is 10.3. The van der Waals surface area contributed by atoms with E-state index in [0.29, 0.717) is 34.8 Å². The maximum Gasteiger partial charge on any atom is 0.228 e. The van der Waals surface area contributed by atoms with Crippen LogP contribution in [0.3, 0.4) is 0 Å². The van der Waals surface area contributed by atoms with Gasteiger partial charge < -0.3 is 0 Å². The fourth-order valence-corrected chi connectivity index (χ4v) is 12.9. The van der Waals surface area contributed by atoms with Crippen molar-refractivity contribution in [3.8, 4) is 0 Å². The SMILES string of the molecule is CCCCCC(=O)C(=O)c1ccc(C23CC4C56CC7(c8ccc(C(=O)C(=O)CCCCC)cc8)CC([C@H]5C2)[C@H](C3)C4(C7)C6)cc1. The van der Waals surface area contributed by atoms with Gasteiger partial charge in [-0.1, -0.05) is 88.1 Å². The van der Waals surface area contributed by atoms with Crippen LogP contribution < -0.4 is 0 Å². The molecule has 4 nitrogen and oxygen atoms in total. The van der Waals surface area contributed by atoms with Crippen LogP contribution in [0.15, 0.2) is 48.5 Å². The van der Waals surface area contributed by atoms with E-state index >= 15 is 0 Å². The van der Waals surface area contributed by atoms with Gasteiger partial charge >= 0.3 is 0 Å². The number of rotatable bonds is 14. The maximum atomic E-state index is 12.8. The Balaban J connectivity index is 0.998. The summed E-state index contributed by atoms with van der Waals surface area (Å²) in [5.41, 5.74) is 5.29. The summed E-state index contributed by atoms with van der Waals surface area (Å²) in [6, 6.07) is 16.5. The van der Waals surface area contributed by atoms with Crippen LogP contribution in [0.25, 0.3) is 0 Å². The fourth-order valence-electron chi connectivity index (χ4n) is 12.9. The van der Waals surface area contributed by atoms with E-state index in [1.807, 2.05) is 24.3 Å². The molecule has 0 amide bonds. The minimum absolute atomic E-state index is 0.222. The van der Waals surface area contributed by atoms with E-state index in [1.165, 1.54) is 56.1 Å². The molecule has 8 atom stereocenters. The zero-order valence-electron chi connectivity index (χ0n) is 27.2. The Bertz CT molecular complexity index is 1520. The zero-order valence-corrected chi connectivity index (χ0v) is 27.2. The van der Waals surface area contributed by atoms with Gasteiger partial charge in [-0.15, -0.1) is 0 Å². The molecule has 8 bridgehead atoms. The van der Waals surface area contributed by atoms with Crippen molar-refractivity contribution in [2.24, 2.45) is 34.5 Å². The quantitative estimate of drug-likeness (QED) is 0.123. The molecule has 2 aromatic carbocycles. The van der Waals surface area contributed by atoms with Crippen LogP contribution in [0, 0.1) is 34.5 Å². The molecule has 0 heterocycles. The molecule has 0 saturated heterocycles. The Kier molecular flexibility index (Phi) is 6.76. The van der Waals surface area contributed by atoms with Gasteiger partial charge in [0.05, 0.1) is 0 Å². The van der Waals surface area contributed by atoms with Crippen LogP contribution in [0.2, 0.25) is 0 Å². The second-order valence-electron chi connectivity index (χ2n) is 16.4. The predicted octanol–water partition coefficient (Wildman–Crippen LogP) is 8.78. The Morgan fingerprint density at radius 2 is 1.04 bits per heavy atom. The first kappa shape index (κ1) is 29.5.